The number of likely N-dealkylation sites (tertiary alicyclic amines) is 1. The molecule has 0 saturated carbocycles. The van der Waals surface area contributed by atoms with Crippen molar-refractivity contribution in [2.45, 2.75) is 31.1 Å². The summed E-state index contributed by atoms with van der Waals surface area (Å²) in [6, 6.07) is 5.05. The van der Waals surface area contributed by atoms with Crippen LogP contribution in [-0.2, 0) is 10.8 Å². The van der Waals surface area contributed by atoms with Crippen LogP contribution in [0.25, 0.3) is 0 Å². The number of benzene rings is 1. The molecule has 0 aromatic heterocycles. The molecule has 5 heteroatoms. The fourth-order valence-electron chi connectivity index (χ4n) is 2.52. The van der Waals surface area contributed by atoms with Crippen molar-refractivity contribution in [3.8, 4) is 0 Å². The Hall–Kier alpha value is -1.20. The molecule has 1 aliphatic rings. The van der Waals surface area contributed by atoms with Crippen molar-refractivity contribution in [3.05, 3.63) is 29.3 Å². The summed E-state index contributed by atoms with van der Waals surface area (Å²) in [4.78, 5) is 14.1. The van der Waals surface area contributed by atoms with E-state index in [0.29, 0.717) is 16.2 Å². The number of nitrogens with zero attached hydrogens (tertiary/aromatic N) is 1. The molecule has 1 unspecified atom stereocenters. The van der Waals surface area contributed by atoms with Crippen LogP contribution in [0.4, 0.5) is 0 Å². The van der Waals surface area contributed by atoms with E-state index in [0.717, 1.165) is 26.1 Å². The third kappa shape index (κ3) is 3.90. The van der Waals surface area contributed by atoms with Crippen LogP contribution in [0.3, 0.4) is 0 Å². The van der Waals surface area contributed by atoms with Crippen molar-refractivity contribution >= 4 is 16.8 Å². The predicted molar refractivity (Wildman–Crippen MR) is 79.7 cm³/mol. The summed E-state index contributed by atoms with van der Waals surface area (Å²) in [5, 5.41) is 9.09. The van der Waals surface area contributed by atoms with E-state index in [9.17, 15) is 9.00 Å². The van der Waals surface area contributed by atoms with Crippen LogP contribution in [0.1, 0.15) is 35.2 Å². The van der Waals surface area contributed by atoms with Crippen molar-refractivity contribution in [2.75, 3.05) is 25.4 Å². The van der Waals surface area contributed by atoms with Gasteiger partial charge in [0.25, 0.3) is 0 Å². The number of aromatic carboxylic acids is 1. The van der Waals surface area contributed by atoms with Gasteiger partial charge in [-0.3, -0.25) is 4.21 Å². The zero-order valence-electron chi connectivity index (χ0n) is 11.8. The lowest BCUT2D eigenvalue weighted by Crippen LogP contribution is -2.21. The van der Waals surface area contributed by atoms with Gasteiger partial charge in [0.05, 0.1) is 16.4 Å². The molecule has 110 valence electrons. The molecule has 0 spiro atoms. The fourth-order valence-corrected chi connectivity index (χ4v) is 3.61. The second-order valence-electron chi connectivity index (χ2n) is 5.23. The molecular formula is C15H21NO3S. The number of rotatable bonds is 6. The maximum absolute atomic E-state index is 12.2. The van der Waals surface area contributed by atoms with Crippen LogP contribution in [0.15, 0.2) is 23.1 Å². The minimum atomic E-state index is -1.11. The summed E-state index contributed by atoms with van der Waals surface area (Å²) in [7, 11) is -1.11. The van der Waals surface area contributed by atoms with Crippen LogP contribution in [-0.4, -0.2) is 45.6 Å². The lowest BCUT2D eigenvalue weighted by molar-refractivity contribution is 0.0696. The minimum absolute atomic E-state index is 0.246. The molecule has 0 amide bonds. The van der Waals surface area contributed by atoms with Crippen molar-refractivity contribution in [2.24, 2.45) is 0 Å². The van der Waals surface area contributed by atoms with Crippen molar-refractivity contribution < 1.29 is 14.1 Å². The first-order valence-corrected chi connectivity index (χ1v) is 8.34. The number of carbonyl (C=O) groups is 1. The Morgan fingerprint density at radius 2 is 2.05 bits per heavy atom. The number of aryl methyl sites for hydroxylation is 1. The van der Waals surface area contributed by atoms with Gasteiger partial charge < -0.3 is 10.0 Å². The summed E-state index contributed by atoms with van der Waals surface area (Å²) in [6.07, 6.45) is 3.43. The predicted octanol–water partition coefficient (Wildman–Crippen LogP) is 2.29. The Bertz CT molecular complexity index is 510. The highest BCUT2D eigenvalue weighted by Gasteiger charge is 2.13. The van der Waals surface area contributed by atoms with E-state index < -0.39 is 16.8 Å². The largest absolute Gasteiger partial charge is 0.478 e. The Balaban J connectivity index is 1.91. The average Bonchev–Trinajstić information content (AvgIpc) is 2.92. The Morgan fingerprint density at radius 3 is 2.70 bits per heavy atom. The van der Waals surface area contributed by atoms with Gasteiger partial charge in [0, 0.05) is 10.6 Å². The smallest absolute Gasteiger partial charge is 0.335 e. The fraction of sp³-hybridized carbons (Fsp3) is 0.533. The zero-order valence-corrected chi connectivity index (χ0v) is 12.6. The van der Waals surface area contributed by atoms with Gasteiger partial charge in [-0.2, -0.15) is 0 Å². The molecule has 4 nitrogen and oxygen atoms in total. The molecule has 1 aromatic rings. The van der Waals surface area contributed by atoms with E-state index in [-0.39, 0.29) is 5.56 Å². The van der Waals surface area contributed by atoms with E-state index in [2.05, 4.69) is 4.90 Å². The highest BCUT2D eigenvalue weighted by Crippen LogP contribution is 2.15. The van der Waals surface area contributed by atoms with E-state index in [1.165, 1.54) is 12.8 Å². The van der Waals surface area contributed by atoms with Gasteiger partial charge >= 0.3 is 5.97 Å². The number of hydrogen-bond acceptors (Lipinski definition) is 3. The topological polar surface area (TPSA) is 57.6 Å². The molecule has 1 aliphatic heterocycles. The highest BCUT2D eigenvalue weighted by molar-refractivity contribution is 7.85. The number of hydrogen-bond donors (Lipinski definition) is 1. The van der Waals surface area contributed by atoms with E-state index in [1.807, 2.05) is 0 Å². The lowest BCUT2D eigenvalue weighted by atomic mass is 10.1. The quantitative estimate of drug-likeness (QED) is 0.875. The molecule has 1 fully saturated rings. The summed E-state index contributed by atoms with van der Waals surface area (Å²) in [6.45, 7) is 5.05. The summed E-state index contributed by atoms with van der Waals surface area (Å²) >= 11 is 0. The van der Waals surface area contributed by atoms with Crippen LogP contribution in [0.5, 0.6) is 0 Å². The standard InChI is InChI=1S/C15H21NO3S/c1-12-5-6-13(11-14(12)15(17)18)20(19)10-4-9-16-7-2-3-8-16/h5-6,11H,2-4,7-10H2,1H3,(H,17,18). The third-order valence-corrected chi connectivity index (χ3v) is 5.14. The van der Waals surface area contributed by atoms with E-state index in [4.69, 9.17) is 5.11 Å². The summed E-state index contributed by atoms with van der Waals surface area (Å²) in [5.41, 5.74) is 0.950. The van der Waals surface area contributed by atoms with Gasteiger partial charge in [0.1, 0.15) is 0 Å². The zero-order chi connectivity index (χ0) is 14.5. The molecule has 0 aliphatic carbocycles. The van der Waals surface area contributed by atoms with Gasteiger partial charge in [0.2, 0.25) is 0 Å². The normalized spacial score (nSPS) is 17.2. The Morgan fingerprint density at radius 1 is 1.35 bits per heavy atom. The van der Waals surface area contributed by atoms with Crippen LogP contribution in [0, 0.1) is 6.92 Å². The van der Waals surface area contributed by atoms with E-state index >= 15 is 0 Å². The molecule has 1 aromatic carbocycles. The maximum atomic E-state index is 12.2. The van der Waals surface area contributed by atoms with Gasteiger partial charge in [-0.05, 0) is 63.5 Å². The summed E-state index contributed by atoms with van der Waals surface area (Å²) < 4.78 is 12.2. The lowest BCUT2D eigenvalue weighted by Gasteiger charge is -2.13. The molecule has 0 bridgehead atoms. The Labute approximate surface area is 122 Å². The van der Waals surface area contributed by atoms with Crippen LogP contribution >= 0.6 is 0 Å². The molecule has 2 rings (SSSR count). The SMILES string of the molecule is Cc1ccc(S(=O)CCCN2CCCC2)cc1C(=O)O. The number of carboxylic acid groups (broad SMARTS) is 1. The molecule has 1 heterocycles. The van der Waals surface area contributed by atoms with Crippen molar-refractivity contribution in [3.63, 3.8) is 0 Å². The number of carboxylic acids is 1. The molecule has 1 saturated heterocycles. The highest BCUT2D eigenvalue weighted by atomic mass is 32.2. The van der Waals surface area contributed by atoms with Crippen LogP contribution in [0.2, 0.25) is 0 Å². The molecule has 20 heavy (non-hydrogen) atoms. The molecule has 1 atom stereocenters. The van der Waals surface area contributed by atoms with Gasteiger partial charge in [0.15, 0.2) is 0 Å². The Kier molecular flexibility index (Phi) is 5.31. The van der Waals surface area contributed by atoms with Gasteiger partial charge in [-0.15, -0.1) is 0 Å². The van der Waals surface area contributed by atoms with Crippen molar-refractivity contribution in [1.29, 1.82) is 0 Å². The van der Waals surface area contributed by atoms with Gasteiger partial charge in [-0.1, -0.05) is 6.07 Å². The maximum Gasteiger partial charge on any atom is 0.335 e. The van der Waals surface area contributed by atoms with E-state index in [1.54, 1.807) is 25.1 Å². The van der Waals surface area contributed by atoms with Crippen molar-refractivity contribution in [1.82, 2.24) is 4.90 Å². The summed E-state index contributed by atoms with van der Waals surface area (Å²) in [5.74, 6) is -0.364. The first kappa shape index (κ1) is 15.2. The molecule has 1 N–H and O–H groups in total. The van der Waals surface area contributed by atoms with Crippen LogP contribution < -0.4 is 0 Å². The first-order chi connectivity index (χ1) is 9.58. The molecular weight excluding hydrogens is 274 g/mol. The third-order valence-electron chi connectivity index (χ3n) is 3.71. The van der Waals surface area contributed by atoms with Gasteiger partial charge in [-0.25, -0.2) is 4.79 Å². The molecule has 0 radical (unpaired) electrons. The monoisotopic (exact) mass is 295 g/mol. The minimum Gasteiger partial charge on any atom is -0.478 e. The average molecular weight is 295 g/mol. The second kappa shape index (κ2) is 6.99. The second-order valence-corrected chi connectivity index (χ2v) is 6.80. The first-order valence-electron chi connectivity index (χ1n) is 7.02.